The summed E-state index contributed by atoms with van der Waals surface area (Å²) < 4.78 is 0. The molecule has 0 aromatic rings. The summed E-state index contributed by atoms with van der Waals surface area (Å²) in [5.74, 6) is -0.183. The molecule has 0 aliphatic carbocycles. The lowest BCUT2D eigenvalue weighted by Crippen LogP contribution is -2.29. The van der Waals surface area contributed by atoms with E-state index < -0.39 is 0 Å². The Balaban J connectivity index is 4.38. The van der Waals surface area contributed by atoms with Crippen LogP contribution >= 0.6 is 0 Å². The van der Waals surface area contributed by atoms with Crippen LogP contribution in [0.1, 0.15) is 59.8 Å². The summed E-state index contributed by atoms with van der Waals surface area (Å²) in [5.41, 5.74) is 5.79. The smallest absolute Gasteiger partial charge is 0.217 e. The van der Waals surface area contributed by atoms with Gasteiger partial charge in [-0.05, 0) is 43.7 Å². The predicted octanol–water partition coefficient (Wildman–Crippen LogP) is 2.69. The van der Waals surface area contributed by atoms with E-state index in [-0.39, 0.29) is 11.3 Å². The van der Waals surface area contributed by atoms with Gasteiger partial charge in [0.15, 0.2) is 0 Å². The van der Waals surface area contributed by atoms with Crippen molar-refractivity contribution in [3.05, 3.63) is 0 Å². The molecule has 0 aromatic carbocycles. The van der Waals surface area contributed by atoms with E-state index in [2.05, 4.69) is 33.0 Å². The van der Waals surface area contributed by atoms with E-state index in [1.807, 2.05) is 7.05 Å². The minimum atomic E-state index is -0.183. The molecule has 102 valence electrons. The first kappa shape index (κ1) is 16.4. The first-order valence-electron chi connectivity index (χ1n) is 6.67. The zero-order valence-electron chi connectivity index (χ0n) is 12.2. The second-order valence-corrected chi connectivity index (χ2v) is 6.33. The molecule has 17 heavy (non-hydrogen) atoms. The largest absolute Gasteiger partial charge is 0.370 e. The van der Waals surface area contributed by atoms with Crippen molar-refractivity contribution in [1.29, 1.82) is 0 Å². The van der Waals surface area contributed by atoms with Gasteiger partial charge in [-0.15, -0.1) is 0 Å². The molecule has 0 aliphatic heterocycles. The minimum absolute atomic E-state index is 0.183. The van der Waals surface area contributed by atoms with Crippen LogP contribution in [0.25, 0.3) is 0 Å². The third kappa shape index (κ3) is 7.37. The van der Waals surface area contributed by atoms with E-state index in [9.17, 15) is 4.79 Å². The highest BCUT2D eigenvalue weighted by Gasteiger charge is 2.30. The molecule has 0 saturated heterocycles. The van der Waals surface area contributed by atoms with Crippen LogP contribution in [0.2, 0.25) is 0 Å². The van der Waals surface area contributed by atoms with Crippen LogP contribution < -0.4 is 11.1 Å². The maximum atomic E-state index is 10.9. The molecule has 1 atom stereocenters. The number of carbonyl (C=O) groups is 1. The molecule has 3 nitrogen and oxygen atoms in total. The predicted molar refractivity (Wildman–Crippen MR) is 73.8 cm³/mol. The molecule has 0 aliphatic rings. The standard InChI is InChI=1S/C14H30N2O/c1-6-14(4,8-7-12(15)17)11-13(2,3)9-10-16-5/h16H,6-11H2,1-5H3,(H2,15,17). The van der Waals surface area contributed by atoms with E-state index in [1.165, 1.54) is 0 Å². The summed E-state index contributed by atoms with van der Waals surface area (Å²) in [4.78, 5) is 10.9. The van der Waals surface area contributed by atoms with Crippen LogP contribution in [0, 0.1) is 10.8 Å². The number of hydrogen-bond acceptors (Lipinski definition) is 2. The van der Waals surface area contributed by atoms with Crippen molar-refractivity contribution >= 4 is 5.91 Å². The fraction of sp³-hybridized carbons (Fsp3) is 0.929. The van der Waals surface area contributed by atoms with Crippen LogP contribution in [0.15, 0.2) is 0 Å². The Morgan fingerprint density at radius 2 is 1.82 bits per heavy atom. The highest BCUT2D eigenvalue weighted by Crippen LogP contribution is 2.41. The molecule has 0 fully saturated rings. The van der Waals surface area contributed by atoms with Crippen molar-refractivity contribution in [2.45, 2.75) is 59.8 Å². The van der Waals surface area contributed by atoms with Crippen molar-refractivity contribution in [3.63, 3.8) is 0 Å². The SMILES string of the molecule is CCC(C)(CCC(N)=O)CC(C)(C)CCNC. The van der Waals surface area contributed by atoms with Crippen molar-refractivity contribution < 1.29 is 4.79 Å². The number of nitrogens with one attached hydrogen (secondary N) is 1. The van der Waals surface area contributed by atoms with E-state index in [1.54, 1.807) is 0 Å². The van der Waals surface area contributed by atoms with Gasteiger partial charge >= 0.3 is 0 Å². The monoisotopic (exact) mass is 242 g/mol. The highest BCUT2D eigenvalue weighted by atomic mass is 16.1. The van der Waals surface area contributed by atoms with Gasteiger partial charge in [-0.1, -0.05) is 34.1 Å². The van der Waals surface area contributed by atoms with Crippen LogP contribution in [-0.4, -0.2) is 19.5 Å². The molecule has 1 unspecified atom stereocenters. The van der Waals surface area contributed by atoms with Gasteiger partial charge in [0.1, 0.15) is 0 Å². The van der Waals surface area contributed by atoms with Gasteiger partial charge in [-0.25, -0.2) is 0 Å². The van der Waals surface area contributed by atoms with Crippen LogP contribution in [0.5, 0.6) is 0 Å². The first-order chi connectivity index (χ1) is 7.74. The molecule has 1 amide bonds. The second-order valence-electron chi connectivity index (χ2n) is 6.33. The summed E-state index contributed by atoms with van der Waals surface area (Å²) >= 11 is 0. The zero-order chi connectivity index (χ0) is 13.5. The third-order valence-corrected chi connectivity index (χ3v) is 3.79. The lowest BCUT2D eigenvalue weighted by molar-refractivity contribution is -0.118. The maximum absolute atomic E-state index is 10.9. The lowest BCUT2D eigenvalue weighted by Gasteiger charge is -2.37. The summed E-state index contributed by atoms with van der Waals surface area (Å²) in [6.45, 7) is 10.1. The van der Waals surface area contributed by atoms with Crippen molar-refractivity contribution in [3.8, 4) is 0 Å². The maximum Gasteiger partial charge on any atom is 0.217 e. The van der Waals surface area contributed by atoms with Crippen LogP contribution in [0.3, 0.4) is 0 Å². The van der Waals surface area contributed by atoms with E-state index in [0.29, 0.717) is 11.8 Å². The molecule has 0 rings (SSSR count). The topological polar surface area (TPSA) is 55.1 Å². The Labute approximate surface area is 107 Å². The number of amides is 1. The van der Waals surface area contributed by atoms with Crippen LogP contribution in [0.4, 0.5) is 0 Å². The fourth-order valence-corrected chi connectivity index (χ4v) is 2.52. The van der Waals surface area contributed by atoms with Gasteiger partial charge in [0, 0.05) is 6.42 Å². The van der Waals surface area contributed by atoms with Gasteiger partial charge in [0.25, 0.3) is 0 Å². The van der Waals surface area contributed by atoms with Gasteiger partial charge in [0.2, 0.25) is 5.91 Å². The number of hydrogen-bond donors (Lipinski definition) is 2. The fourth-order valence-electron chi connectivity index (χ4n) is 2.52. The van der Waals surface area contributed by atoms with E-state index in [4.69, 9.17) is 5.73 Å². The average Bonchev–Trinajstić information content (AvgIpc) is 2.23. The number of nitrogens with two attached hydrogens (primary N) is 1. The van der Waals surface area contributed by atoms with E-state index >= 15 is 0 Å². The molecule has 0 saturated carbocycles. The normalized spacial score (nSPS) is 15.6. The molecule has 0 radical (unpaired) electrons. The van der Waals surface area contributed by atoms with Crippen molar-refractivity contribution in [2.75, 3.05) is 13.6 Å². The number of carbonyl (C=O) groups excluding carboxylic acids is 1. The summed E-state index contributed by atoms with van der Waals surface area (Å²) in [5, 5.41) is 3.20. The van der Waals surface area contributed by atoms with Crippen molar-refractivity contribution in [1.82, 2.24) is 5.32 Å². The van der Waals surface area contributed by atoms with Crippen LogP contribution in [-0.2, 0) is 4.79 Å². The Morgan fingerprint density at radius 1 is 1.24 bits per heavy atom. The Morgan fingerprint density at radius 3 is 2.24 bits per heavy atom. The number of primary amides is 1. The quantitative estimate of drug-likeness (QED) is 0.653. The third-order valence-electron chi connectivity index (χ3n) is 3.79. The molecule has 3 heteroatoms. The minimum Gasteiger partial charge on any atom is -0.370 e. The van der Waals surface area contributed by atoms with E-state index in [0.717, 1.165) is 32.2 Å². The van der Waals surface area contributed by atoms with Gasteiger partial charge in [0.05, 0.1) is 0 Å². The molecule has 3 N–H and O–H groups in total. The zero-order valence-corrected chi connectivity index (χ0v) is 12.2. The second kappa shape index (κ2) is 7.00. The first-order valence-corrected chi connectivity index (χ1v) is 6.67. The Bertz CT molecular complexity index is 238. The number of rotatable bonds is 9. The summed E-state index contributed by atoms with van der Waals surface area (Å²) in [6.07, 6.45) is 4.82. The van der Waals surface area contributed by atoms with Gasteiger partial charge < -0.3 is 11.1 Å². The summed E-state index contributed by atoms with van der Waals surface area (Å²) in [7, 11) is 1.99. The molecule has 0 heterocycles. The molecule has 0 spiro atoms. The van der Waals surface area contributed by atoms with Gasteiger partial charge in [-0.3, -0.25) is 4.79 Å². The van der Waals surface area contributed by atoms with Gasteiger partial charge in [-0.2, -0.15) is 0 Å². The van der Waals surface area contributed by atoms with Crippen molar-refractivity contribution in [2.24, 2.45) is 16.6 Å². The highest BCUT2D eigenvalue weighted by molar-refractivity contribution is 5.73. The molecular weight excluding hydrogens is 212 g/mol. The molecule has 0 bridgehead atoms. The Hall–Kier alpha value is -0.570. The summed E-state index contributed by atoms with van der Waals surface area (Å²) in [6, 6.07) is 0. The average molecular weight is 242 g/mol. The Kier molecular flexibility index (Phi) is 6.76. The molecular formula is C14H30N2O. The molecule has 0 aromatic heterocycles. The lowest BCUT2D eigenvalue weighted by atomic mass is 9.69.